The van der Waals surface area contributed by atoms with Gasteiger partial charge in [0.1, 0.15) is 12.0 Å². The van der Waals surface area contributed by atoms with Gasteiger partial charge in [0.05, 0.1) is 12.7 Å². The molecule has 1 N–H and O–H groups in total. The Morgan fingerprint density at radius 1 is 1.15 bits per heavy atom. The van der Waals surface area contributed by atoms with E-state index < -0.39 is 23.8 Å². The number of ketones is 1. The molecule has 0 spiro atoms. The number of carbonyl (C=O) groups is 3. The minimum absolute atomic E-state index is 0.119. The zero-order valence-corrected chi connectivity index (χ0v) is 20.0. The first-order valence-electron chi connectivity index (χ1n) is 11.6. The highest BCUT2D eigenvalue weighted by Gasteiger charge is 2.47. The van der Waals surface area contributed by atoms with Crippen molar-refractivity contribution in [2.75, 3.05) is 7.11 Å². The van der Waals surface area contributed by atoms with E-state index in [0.717, 1.165) is 43.4 Å². The van der Waals surface area contributed by atoms with Crippen LogP contribution in [0.25, 0.3) is 0 Å². The number of hydrogen-bond donors (Lipinski definition) is 1. The van der Waals surface area contributed by atoms with Gasteiger partial charge < -0.3 is 14.8 Å². The summed E-state index contributed by atoms with van der Waals surface area (Å²) >= 11 is 6.30. The highest BCUT2D eigenvalue weighted by Crippen LogP contribution is 2.46. The fourth-order valence-electron chi connectivity index (χ4n) is 5.37. The third-order valence-electron chi connectivity index (χ3n) is 6.97. The summed E-state index contributed by atoms with van der Waals surface area (Å²) in [7, 11) is 1.29. The number of methoxy groups -OCH3 is 1. The van der Waals surface area contributed by atoms with Gasteiger partial charge in [0.25, 0.3) is 0 Å². The number of allylic oxidation sites excluding steroid dienone is 3. The molecule has 3 atom stereocenters. The molecule has 1 aromatic carbocycles. The predicted molar refractivity (Wildman–Crippen MR) is 124 cm³/mol. The highest BCUT2D eigenvalue weighted by atomic mass is 35.5. The second-order valence-corrected chi connectivity index (χ2v) is 9.69. The number of benzene rings is 1. The van der Waals surface area contributed by atoms with E-state index in [1.807, 2.05) is 19.9 Å². The molecule has 0 bridgehead atoms. The van der Waals surface area contributed by atoms with Crippen LogP contribution in [0.5, 0.6) is 0 Å². The molecule has 0 amide bonds. The van der Waals surface area contributed by atoms with Crippen LogP contribution in [-0.4, -0.2) is 30.9 Å². The topological polar surface area (TPSA) is 81.7 Å². The van der Waals surface area contributed by atoms with Gasteiger partial charge in [-0.05, 0) is 62.6 Å². The second kappa shape index (κ2) is 9.72. The van der Waals surface area contributed by atoms with Crippen LogP contribution in [0.1, 0.15) is 63.9 Å². The predicted octanol–water partition coefficient (Wildman–Crippen LogP) is 4.83. The Balaban J connectivity index is 1.78. The largest absolute Gasteiger partial charge is 0.468 e. The first-order chi connectivity index (χ1) is 15.8. The quantitative estimate of drug-likeness (QED) is 0.500. The number of rotatable bonds is 4. The molecule has 0 unspecified atom stereocenters. The van der Waals surface area contributed by atoms with Gasteiger partial charge in [-0.3, -0.25) is 9.59 Å². The van der Waals surface area contributed by atoms with Gasteiger partial charge in [-0.2, -0.15) is 0 Å². The van der Waals surface area contributed by atoms with Gasteiger partial charge in [-0.25, -0.2) is 4.79 Å². The Kier molecular flexibility index (Phi) is 6.94. The maximum absolute atomic E-state index is 13.7. The number of esters is 2. The van der Waals surface area contributed by atoms with Gasteiger partial charge in [0, 0.05) is 27.9 Å². The van der Waals surface area contributed by atoms with Crippen molar-refractivity contribution in [3.63, 3.8) is 0 Å². The lowest BCUT2D eigenvalue weighted by atomic mass is 9.69. The Hall–Kier alpha value is -2.60. The number of carbonyl (C=O) groups excluding carboxylic acids is 3. The lowest BCUT2D eigenvalue weighted by molar-refractivity contribution is -0.151. The van der Waals surface area contributed by atoms with Crippen LogP contribution in [0.3, 0.4) is 0 Å². The number of hydrogen-bond acceptors (Lipinski definition) is 6. The molecule has 1 heterocycles. The minimum atomic E-state index is -0.911. The van der Waals surface area contributed by atoms with E-state index in [-0.39, 0.29) is 17.8 Å². The number of dihydropyridines is 1. The molecule has 0 aromatic heterocycles. The monoisotopic (exact) mass is 471 g/mol. The van der Waals surface area contributed by atoms with Gasteiger partial charge >= 0.3 is 11.9 Å². The summed E-state index contributed by atoms with van der Waals surface area (Å²) < 4.78 is 10.9. The first-order valence-corrected chi connectivity index (χ1v) is 12.0. The van der Waals surface area contributed by atoms with Gasteiger partial charge in [-0.1, -0.05) is 37.1 Å². The third kappa shape index (κ3) is 4.58. The van der Waals surface area contributed by atoms with Gasteiger partial charge in [-0.15, -0.1) is 0 Å². The molecule has 0 saturated heterocycles. The molecule has 1 saturated carbocycles. The van der Waals surface area contributed by atoms with Crippen LogP contribution in [0, 0.1) is 11.8 Å². The first kappa shape index (κ1) is 23.6. The Labute approximate surface area is 199 Å². The molecule has 33 heavy (non-hydrogen) atoms. The Bertz CT molecular complexity index is 1040. The summed E-state index contributed by atoms with van der Waals surface area (Å²) in [5, 5.41) is 3.80. The smallest absolute Gasteiger partial charge is 0.337 e. The summed E-state index contributed by atoms with van der Waals surface area (Å²) in [4.78, 5) is 39.7. The van der Waals surface area contributed by atoms with Gasteiger partial charge in [0.2, 0.25) is 0 Å². The normalized spacial score (nSPS) is 25.9. The molecule has 6 nitrogen and oxygen atoms in total. The van der Waals surface area contributed by atoms with Crippen LogP contribution in [0.4, 0.5) is 0 Å². The van der Waals surface area contributed by atoms with E-state index in [0.29, 0.717) is 28.3 Å². The van der Waals surface area contributed by atoms with E-state index in [9.17, 15) is 14.4 Å². The fourth-order valence-corrected chi connectivity index (χ4v) is 5.57. The zero-order valence-electron chi connectivity index (χ0n) is 19.3. The van der Waals surface area contributed by atoms with Crippen LogP contribution in [-0.2, 0) is 23.9 Å². The lowest BCUT2D eigenvalue weighted by Crippen LogP contribution is -2.43. The molecule has 1 aromatic rings. The van der Waals surface area contributed by atoms with Crippen molar-refractivity contribution in [2.24, 2.45) is 11.8 Å². The average Bonchev–Trinajstić information content (AvgIpc) is 2.78. The van der Waals surface area contributed by atoms with Gasteiger partial charge in [0.15, 0.2) is 5.78 Å². The number of halogens is 1. The van der Waals surface area contributed by atoms with E-state index in [1.165, 1.54) is 7.11 Å². The fraction of sp³-hybridized carbons (Fsp3) is 0.500. The van der Waals surface area contributed by atoms with Crippen molar-refractivity contribution < 1.29 is 23.9 Å². The number of nitrogens with one attached hydrogen (secondary N) is 1. The lowest BCUT2D eigenvalue weighted by Gasteiger charge is -2.38. The van der Waals surface area contributed by atoms with Crippen molar-refractivity contribution >= 4 is 29.3 Å². The molecular weight excluding hydrogens is 442 g/mol. The van der Waals surface area contributed by atoms with Crippen LogP contribution in [0.2, 0.25) is 5.02 Å². The van der Waals surface area contributed by atoms with Crippen LogP contribution < -0.4 is 5.32 Å². The Morgan fingerprint density at radius 3 is 2.55 bits per heavy atom. The van der Waals surface area contributed by atoms with Crippen molar-refractivity contribution in [3.05, 3.63) is 57.4 Å². The molecule has 176 valence electrons. The molecule has 1 aliphatic heterocycles. The van der Waals surface area contributed by atoms with Crippen molar-refractivity contribution in [2.45, 2.75) is 64.4 Å². The van der Waals surface area contributed by atoms with Crippen LogP contribution in [0.15, 0.2) is 46.8 Å². The molecule has 4 rings (SSSR count). The zero-order chi connectivity index (χ0) is 23.7. The molecule has 1 fully saturated rings. The molecule has 3 aliphatic rings. The summed E-state index contributed by atoms with van der Waals surface area (Å²) in [5.41, 5.74) is 2.94. The maximum atomic E-state index is 13.7. The van der Waals surface area contributed by atoms with Crippen molar-refractivity contribution in [1.29, 1.82) is 0 Å². The van der Waals surface area contributed by atoms with Crippen LogP contribution >= 0.6 is 11.6 Å². The number of Topliss-reactive ketones (excluding diaryl/α,β-unsaturated/α-hetero) is 1. The maximum Gasteiger partial charge on any atom is 0.337 e. The van der Waals surface area contributed by atoms with E-state index in [2.05, 4.69) is 5.32 Å². The van der Waals surface area contributed by atoms with Crippen molar-refractivity contribution in [1.82, 2.24) is 5.32 Å². The molecular formula is C26H30ClNO5. The Morgan fingerprint density at radius 2 is 1.88 bits per heavy atom. The SMILES string of the molecule is COC(=O)[C@@H]1C(=O)C2=C(C[C@H]1C)NC(C)=C(C(=O)OC1CCCCC1)[C@H]2c1cccc(Cl)c1. The summed E-state index contributed by atoms with van der Waals surface area (Å²) in [6.07, 6.45) is 5.31. The average molecular weight is 472 g/mol. The summed E-state index contributed by atoms with van der Waals surface area (Å²) in [6, 6.07) is 7.17. The van der Waals surface area contributed by atoms with E-state index in [1.54, 1.807) is 18.2 Å². The van der Waals surface area contributed by atoms with Crippen molar-refractivity contribution in [3.8, 4) is 0 Å². The number of ether oxygens (including phenoxy) is 2. The molecule has 0 radical (unpaired) electrons. The second-order valence-electron chi connectivity index (χ2n) is 9.26. The third-order valence-corrected chi connectivity index (χ3v) is 7.21. The van der Waals surface area contributed by atoms with E-state index in [4.69, 9.17) is 21.1 Å². The highest BCUT2D eigenvalue weighted by molar-refractivity contribution is 6.30. The van der Waals surface area contributed by atoms with E-state index >= 15 is 0 Å². The molecule has 2 aliphatic carbocycles. The summed E-state index contributed by atoms with van der Waals surface area (Å²) in [5.74, 6) is -3.09. The summed E-state index contributed by atoms with van der Waals surface area (Å²) in [6.45, 7) is 3.70. The molecule has 7 heteroatoms. The minimum Gasteiger partial charge on any atom is -0.468 e. The standard InChI is InChI=1S/C26H30ClNO5/c1-14-12-19-23(24(29)20(14)25(30)32-3)22(16-8-7-9-17(27)13-16)21(15(2)28-19)26(31)33-18-10-5-4-6-11-18/h7-9,13-14,18,20,22,28H,4-6,10-12H2,1-3H3/t14-,20+,22-/m1/s1.